The zero-order valence-electron chi connectivity index (χ0n) is 16.5. The van der Waals surface area contributed by atoms with E-state index < -0.39 is 5.91 Å². The molecular formula is C24H19N3O4. The van der Waals surface area contributed by atoms with Gasteiger partial charge in [-0.1, -0.05) is 24.3 Å². The molecule has 0 saturated heterocycles. The summed E-state index contributed by atoms with van der Waals surface area (Å²) < 4.78 is 16.3. The number of nitriles is 1. The number of amides is 1. The van der Waals surface area contributed by atoms with Crippen LogP contribution < -0.4 is 24.8 Å². The van der Waals surface area contributed by atoms with Crippen molar-refractivity contribution >= 4 is 11.6 Å². The van der Waals surface area contributed by atoms with Gasteiger partial charge < -0.3 is 24.8 Å². The summed E-state index contributed by atoms with van der Waals surface area (Å²) in [5.41, 5.74) is 1.53. The van der Waals surface area contributed by atoms with E-state index in [1.807, 2.05) is 42.5 Å². The molecule has 0 spiro atoms. The van der Waals surface area contributed by atoms with Crippen LogP contribution in [0.4, 0.5) is 5.69 Å². The van der Waals surface area contributed by atoms with Gasteiger partial charge in [0.15, 0.2) is 11.5 Å². The maximum Gasteiger partial charge on any atom is 0.263 e. The molecule has 3 aromatic rings. The number of carbonyl (C=O) groups is 1. The maximum absolute atomic E-state index is 12.3. The van der Waals surface area contributed by atoms with E-state index in [4.69, 9.17) is 14.2 Å². The van der Waals surface area contributed by atoms with E-state index in [1.165, 1.54) is 6.20 Å². The molecule has 0 aromatic heterocycles. The van der Waals surface area contributed by atoms with Crippen LogP contribution in [0.2, 0.25) is 0 Å². The van der Waals surface area contributed by atoms with Crippen molar-refractivity contribution in [3.05, 3.63) is 90.1 Å². The monoisotopic (exact) mass is 413 g/mol. The summed E-state index contributed by atoms with van der Waals surface area (Å²) in [7, 11) is 0. The van der Waals surface area contributed by atoms with Gasteiger partial charge in [0.05, 0.1) is 0 Å². The second kappa shape index (κ2) is 9.37. The van der Waals surface area contributed by atoms with Crippen molar-refractivity contribution in [2.24, 2.45) is 0 Å². The van der Waals surface area contributed by atoms with E-state index in [-0.39, 0.29) is 18.9 Å². The number of hydrogen-bond acceptors (Lipinski definition) is 6. The smallest absolute Gasteiger partial charge is 0.263 e. The Kier molecular flexibility index (Phi) is 6.00. The molecule has 1 aliphatic rings. The minimum Gasteiger partial charge on any atom is -0.457 e. The lowest BCUT2D eigenvalue weighted by atomic mass is 10.2. The third-order valence-electron chi connectivity index (χ3n) is 4.47. The van der Waals surface area contributed by atoms with E-state index >= 15 is 0 Å². The van der Waals surface area contributed by atoms with Crippen molar-refractivity contribution in [3.8, 4) is 29.1 Å². The van der Waals surface area contributed by atoms with Gasteiger partial charge in [-0.15, -0.1) is 0 Å². The summed E-state index contributed by atoms with van der Waals surface area (Å²) >= 11 is 0. The molecule has 0 radical (unpaired) electrons. The van der Waals surface area contributed by atoms with Gasteiger partial charge in [-0.05, 0) is 54.1 Å². The molecule has 0 unspecified atom stereocenters. The highest BCUT2D eigenvalue weighted by molar-refractivity contribution is 5.97. The Morgan fingerprint density at radius 2 is 1.74 bits per heavy atom. The van der Waals surface area contributed by atoms with E-state index in [0.29, 0.717) is 17.2 Å². The topological polar surface area (TPSA) is 92.6 Å². The fourth-order valence-corrected chi connectivity index (χ4v) is 2.88. The molecule has 31 heavy (non-hydrogen) atoms. The first-order valence-corrected chi connectivity index (χ1v) is 9.58. The zero-order chi connectivity index (χ0) is 21.5. The lowest BCUT2D eigenvalue weighted by Crippen LogP contribution is -2.24. The number of carbonyl (C=O) groups excluding carboxylic acids is 1. The fraction of sp³-hybridized carbons (Fsp3) is 0.0833. The van der Waals surface area contributed by atoms with Gasteiger partial charge in [0.25, 0.3) is 5.91 Å². The minimum atomic E-state index is -0.475. The zero-order valence-corrected chi connectivity index (χ0v) is 16.5. The van der Waals surface area contributed by atoms with Crippen LogP contribution in [0.3, 0.4) is 0 Å². The maximum atomic E-state index is 12.3. The van der Waals surface area contributed by atoms with Gasteiger partial charge in [-0.2, -0.15) is 5.26 Å². The standard InChI is InChI=1S/C24H19N3O4/c25-13-18(24(28)27-14-17-6-11-22-23(12-17)30-16-29-22)15-26-19-7-9-21(10-8-19)31-20-4-2-1-3-5-20/h1-12,15,26H,14,16H2,(H,27,28)/b18-15-. The van der Waals surface area contributed by atoms with Crippen LogP contribution in [0.15, 0.2) is 84.6 Å². The normalized spacial score (nSPS) is 12.0. The predicted octanol–water partition coefficient (Wildman–Crippen LogP) is 4.34. The van der Waals surface area contributed by atoms with Gasteiger partial charge in [0.1, 0.15) is 23.1 Å². The summed E-state index contributed by atoms with van der Waals surface area (Å²) in [6.45, 7) is 0.456. The molecular weight excluding hydrogens is 394 g/mol. The highest BCUT2D eigenvalue weighted by Gasteiger charge is 2.14. The number of benzene rings is 3. The van der Waals surface area contributed by atoms with Crippen molar-refractivity contribution in [3.63, 3.8) is 0 Å². The quantitative estimate of drug-likeness (QED) is 0.442. The molecule has 2 N–H and O–H groups in total. The molecule has 154 valence electrons. The molecule has 0 aliphatic carbocycles. The van der Waals surface area contributed by atoms with E-state index in [9.17, 15) is 10.1 Å². The van der Waals surface area contributed by atoms with Crippen molar-refractivity contribution < 1.29 is 19.0 Å². The third kappa shape index (κ3) is 5.14. The van der Waals surface area contributed by atoms with E-state index in [2.05, 4.69) is 10.6 Å². The number of rotatable bonds is 7. The van der Waals surface area contributed by atoms with Crippen molar-refractivity contribution in [1.82, 2.24) is 5.32 Å². The molecule has 1 amide bonds. The van der Waals surface area contributed by atoms with Crippen LogP contribution in [0.5, 0.6) is 23.0 Å². The molecule has 1 heterocycles. The Hall–Kier alpha value is -4.44. The van der Waals surface area contributed by atoms with Crippen LogP contribution in [0.25, 0.3) is 0 Å². The van der Waals surface area contributed by atoms with Gasteiger partial charge in [-0.3, -0.25) is 4.79 Å². The minimum absolute atomic E-state index is 0.0367. The van der Waals surface area contributed by atoms with Crippen molar-refractivity contribution in [1.29, 1.82) is 5.26 Å². The Balaban J connectivity index is 1.32. The number of ether oxygens (including phenoxy) is 3. The highest BCUT2D eigenvalue weighted by atomic mass is 16.7. The Labute approximate surface area is 179 Å². The van der Waals surface area contributed by atoms with E-state index in [1.54, 1.807) is 36.4 Å². The average molecular weight is 413 g/mol. The Morgan fingerprint density at radius 1 is 1.00 bits per heavy atom. The number of hydrogen-bond donors (Lipinski definition) is 2. The van der Waals surface area contributed by atoms with E-state index in [0.717, 1.165) is 17.0 Å². The number of nitrogens with zero attached hydrogens (tertiary/aromatic N) is 1. The van der Waals surface area contributed by atoms with Crippen molar-refractivity contribution in [2.45, 2.75) is 6.54 Å². The predicted molar refractivity (Wildman–Crippen MR) is 115 cm³/mol. The van der Waals surface area contributed by atoms with Crippen LogP contribution in [-0.4, -0.2) is 12.7 Å². The number of anilines is 1. The SMILES string of the molecule is N#C/C(=C/Nc1ccc(Oc2ccccc2)cc1)C(=O)NCc1ccc2c(c1)OCO2. The van der Waals surface area contributed by atoms with Gasteiger partial charge in [0.2, 0.25) is 6.79 Å². The molecule has 0 saturated carbocycles. The molecule has 7 nitrogen and oxygen atoms in total. The molecule has 0 atom stereocenters. The lowest BCUT2D eigenvalue weighted by molar-refractivity contribution is -0.117. The molecule has 7 heteroatoms. The second-order valence-corrected chi connectivity index (χ2v) is 6.62. The Morgan fingerprint density at radius 3 is 2.52 bits per heavy atom. The second-order valence-electron chi connectivity index (χ2n) is 6.62. The number of para-hydroxylation sites is 1. The largest absolute Gasteiger partial charge is 0.457 e. The molecule has 1 aliphatic heterocycles. The third-order valence-corrected chi connectivity index (χ3v) is 4.47. The first-order chi connectivity index (χ1) is 15.2. The van der Waals surface area contributed by atoms with Crippen LogP contribution in [0.1, 0.15) is 5.56 Å². The summed E-state index contributed by atoms with van der Waals surface area (Å²) in [6.07, 6.45) is 1.38. The summed E-state index contributed by atoms with van der Waals surface area (Å²) in [5, 5.41) is 15.0. The number of fused-ring (bicyclic) bond motifs is 1. The fourth-order valence-electron chi connectivity index (χ4n) is 2.88. The first-order valence-electron chi connectivity index (χ1n) is 9.58. The van der Waals surface area contributed by atoms with Gasteiger partial charge >= 0.3 is 0 Å². The molecule has 0 fully saturated rings. The highest BCUT2D eigenvalue weighted by Crippen LogP contribution is 2.32. The summed E-state index contributed by atoms with van der Waals surface area (Å²) in [4.78, 5) is 12.3. The lowest BCUT2D eigenvalue weighted by Gasteiger charge is -2.08. The van der Waals surface area contributed by atoms with Crippen LogP contribution in [-0.2, 0) is 11.3 Å². The van der Waals surface area contributed by atoms with Gasteiger partial charge in [-0.25, -0.2) is 0 Å². The van der Waals surface area contributed by atoms with Gasteiger partial charge in [0, 0.05) is 18.4 Å². The molecule has 4 rings (SSSR count). The van der Waals surface area contributed by atoms with Crippen LogP contribution >= 0.6 is 0 Å². The van der Waals surface area contributed by atoms with Crippen molar-refractivity contribution in [2.75, 3.05) is 12.1 Å². The summed E-state index contributed by atoms with van der Waals surface area (Å²) in [5.74, 6) is 2.27. The first kappa shape index (κ1) is 19.9. The summed E-state index contributed by atoms with van der Waals surface area (Å²) in [6, 6.07) is 24.0. The average Bonchev–Trinajstić information content (AvgIpc) is 3.28. The number of nitrogens with one attached hydrogen (secondary N) is 2. The molecule has 0 bridgehead atoms. The molecule has 3 aromatic carbocycles. The Bertz CT molecular complexity index is 1140. The van der Waals surface area contributed by atoms with Crippen LogP contribution in [0, 0.1) is 11.3 Å².